The van der Waals surface area contributed by atoms with E-state index in [2.05, 4.69) is 11.9 Å². The molecular formula is C26H33N3O3. The third-order valence-corrected chi connectivity index (χ3v) is 5.42. The number of benzene rings is 1. The Labute approximate surface area is 190 Å². The minimum absolute atomic E-state index is 0.195. The molecule has 0 unspecified atom stereocenters. The Morgan fingerprint density at radius 3 is 2.28 bits per heavy atom. The number of rotatable bonds is 11. The predicted octanol–water partition coefficient (Wildman–Crippen LogP) is 4.17. The van der Waals surface area contributed by atoms with Crippen LogP contribution in [0.15, 0.2) is 54.5 Å². The third kappa shape index (κ3) is 5.36. The van der Waals surface area contributed by atoms with E-state index in [1.165, 1.54) is 4.90 Å². The van der Waals surface area contributed by atoms with Gasteiger partial charge in [-0.1, -0.05) is 32.9 Å². The highest BCUT2D eigenvalue weighted by Crippen LogP contribution is 2.33. The maximum atomic E-state index is 13.4. The quantitative estimate of drug-likeness (QED) is 0.496. The van der Waals surface area contributed by atoms with Gasteiger partial charge in [-0.3, -0.25) is 19.5 Å². The van der Waals surface area contributed by atoms with Crippen molar-refractivity contribution in [3.05, 3.63) is 65.6 Å². The van der Waals surface area contributed by atoms with Gasteiger partial charge < -0.3 is 9.64 Å². The molecule has 1 aromatic heterocycles. The zero-order valence-electron chi connectivity index (χ0n) is 19.5. The lowest BCUT2D eigenvalue weighted by atomic mass is 10.0. The van der Waals surface area contributed by atoms with Crippen molar-refractivity contribution >= 4 is 17.4 Å². The largest absolute Gasteiger partial charge is 0.494 e. The van der Waals surface area contributed by atoms with Crippen LogP contribution in [0.25, 0.3) is 5.57 Å². The number of carbonyl (C=O) groups excluding carboxylic acids is 2. The first kappa shape index (κ1) is 23.5. The number of nitrogens with zero attached hydrogens (tertiary/aromatic N) is 3. The molecule has 0 spiro atoms. The van der Waals surface area contributed by atoms with Crippen LogP contribution in [0.4, 0.5) is 0 Å². The van der Waals surface area contributed by atoms with Crippen molar-refractivity contribution in [3.8, 4) is 5.75 Å². The standard InChI is InChI=1S/C26H33N3O3/c1-5-17-32-22-9-7-21(8-10-22)23-24(26(31)29(25(23)30)18-19(3)4)28(6-2)16-13-20-11-14-27-15-12-20/h7-12,14-15,19H,5-6,13,16-18H2,1-4H3. The second-order valence-corrected chi connectivity index (χ2v) is 8.40. The first-order valence-corrected chi connectivity index (χ1v) is 11.4. The fraction of sp³-hybridized carbons (Fsp3) is 0.423. The van der Waals surface area contributed by atoms with Crippen LogP contribution in [0, 0.1) is 5.92 Å². The molecule has 3 rings (SSSR count). The van der Waals surface area contributed by atoms with E-state index < -0.39 is 0 Å². The highest BCUT2D eigenvalue weighted by molar-refractivity contribution is 6.35. The van der Waals surface area contributed by atoms with Crippen LogP contribution < -0.4 is 4.74 Å². The van der Waals surface area contributed by atoms with Crippen molar-refractivity contribution in [2.75, 3.05) is 26.2 Å². The summed E-state index contributed by atoms with van der Waals surface area (Å²) in [5.41, 5.74) is 2.87. The maximum absolute atomic E-state index is 13.4. The van der Waals surface area contributed by atoms with Gasteiger partial charge in [-0.15, -0.1) is 0 Å². The van der Waals surface area contributed by atoms with Gasteiger partial charge in [-0.05, 0) is 61.1 Å². The van der Waals surface area contributed by atoms with Crippen molar-refractivity contribution < 1.29 is 14.3 Å². The third-order valence-electron chi connectivity index (χ3n) is 5.42. The van der Waals surface area contributed by atoms with Gasteiger partial charge in [0.25, 0.3) is 11.8 Å². The zero-order valence-corrected chi connectivity index (χ0v) is 19.5. The molecule has 0 fully saturated rings. The molecule has 2 aromatic rings. The molecule has 0 atom stereocenters. The topological polar surface area (TPSA) is 62.7 Å². The molecule has 0 N–H and O–H groups in total. The SMILES string of the molecule is CCCOc1ccc(C2=C(N(CC)CCc3ccncc3)C(=O)N(CC(C)C)C2=O)cc1. The summed E-state index contributed by atoms with van der Waals surface area (Å²) in [5.74, 6) is 0.531. The van der Waals surface area contributed by atoms with Crippen molar-refractivity contribution in [1.29, 1.82) is 0 Å². The molecule has 170 valence electrons. The molecule has 0 saturated heterocycles. The number of amides is 2. The van der Waals surface area contributed by atoms with Crippen molar-refractivity contribution in [2.45, 2.75) is 40.5 Å². The minimum Gasteiger partial charge on any atom is -0.494 e. The molecule has 0 saturated carbocycles. The molecule has 2 heterocycles. The van der Waals surface area contributed by atoms with Gasteiger partial charge in [0.05, 0.1) is 12.2 Å². The van der Waals surface area contributed by atoms with Crippen molar-refractivity contribution in [3.63, 3.8) is 0 Å². The molecule has 1 aromatic carbocycles. The van der Waals surface area contributed by atoms with Gasteiger partial charge in [-0.25, -0.2) is 0 Å². The summed E-state index contributed by atoms with van der Waals surface area (Å²) in [6.07, 6.45) is 5.24. The normalized spacial score (nSPS) is 14.0. The summed E-state index contributed by atoms with van der Waals surface area (Å²) in [5, 5.41) is 0. The summed E-state index contributed by atoms with van der Waals surface area (Å²) in [6.45, 7) is 10.4. The van der Waals surface area contributed by atoms with Crippen LogP contribution >= 0.6 is 0 Å². The summed E-state index contributed by atoms with van der Waals surface area (Å²) in [4.78, 5) is 34.3. The lowest BCUT2D eigenvalue weighted by molar-refractivity contribution is -0.138. The average Bonchev–Trinajstić information content (AvgIpc) is 3.04. The highest BCUT2D eigenvalue weighted by Gasteiger charge is 2.41. The first-order chi connectivity index (χ1) is 15.5. The van der Waals surface area contributed by atoms with Gasteiger partial charge in [0, 0.05) is 32.0 Å². The molecule has 6 heteroatoms. The molecule has 6 nitrogen and oxygen atoms in total. The fourth-order valence-corrected chi connectivity index (χ4v) is 3.83. The molecule has 0 aliphatic carbocycles. The highest BCUT2D eigenvalue weighted by atomic mass is 16.5. The van der Waals surface area contributed by atoms with E-state index in [1.807, 2.05) is 62.1 Å². The Hall–Kier alpha value is -3.15. The van der Waals surface area contributed by atoms with Gasteiger partial charge >= 0.3 is 0 Å². The van der Waals surface area contributed by atoms with Gasteiger partial charge in [-0.2, -0.15) is 0 Å². The van der Waals surface area contributed by atoms with E-state index in [1.54, 1.807) is 12.4 Å². The second kappa shape index (κ2) is 10.9. The number of hydrogen-bond donors (Lipinski definition) is 0. The fourth-order valence-electron chi connectivity index (χ4n) is 3.83. The van der Waals surface area contributed by atoms with Crippen molar-refractivity contribution in [2.24, 2.45) is 5.92 Å². The maximum Gasteiger partial charge on any atom is 0.277 e. The van der Waals surface area contributed by atoms with E-state index in [4.69, 9.17) is 4.74 Å². The Kier molecular flexibility index (Phi) is 8.03. The van der Waals surface area contributed by atoms with Gasteiger partial charge in [0.15, 0.2) is 0 Å². The summed E-state index contributed by atoms with van der Waals surface area (Å²) in [7, 11) is 0. The zero-order chi connectivity index (χ0) is 23.1. The van der Waals surface area contributed by atoms with Gasteiger partial charge in [0.1, 0.15) is 11.4 Å². The second-order valence-electron chi connectivity index (χ2n) is 8.40. The minimum atomic E-state index is -0.219. The molecular weight excluding hydrogens is 402 g/mol. The summed E-state index contributed by atoms with van der Waals surface area (Å²) in [6, 6.07) is 11.4. The number of ether oxygens (including phenoxy) is 1. The monoisotopic (exact) mass is 435 g/mol. The molecule has 0 bridgehead atoms. The Balaban J connectivity index is 1.95. The van der Waals surface area contributed by atoms with E-state index in [9.17, 15) is 9.59 Å². The average molecular weight is 436 g/mol. The molecule has 32 heavy (non-hydrogen) atoms. The Morgan fingerprint density at radius 1 is 1.00 bits per heavy atom. The smallest absolute Gasteiger partial charge is 0.277 e. The van der Waals surface area contributed by atoms with E-state index in [-0.39, 0.29) is 17.7 Å². The number of imide groups is 1. The molecule has 2 amide bonds. The van der Waals surface area contributed by atoms with Crippen LogP contribution in [-0.2, 0) is 16.0 Å². The van der Waals surface area contributed by atoms with Crippen LogP contribution in [0.5, 0.6) is 5.75 Å². The number of hydrogen-bond acceptors (Lipinski definition) is 5. The van der Waals surface area contributed by atoms with E-state index in [0.717, 1.165) is 29.7 Å². The Morgan fingerprint density at radius 2 is 1.69 bits per heavy atom. The molecule has 1 aliphatic rings. The van der Waals surface area contributed by atoms with Gasteiger partial charge in [0.2, 0.25) is 0 Å². The number of pyridine rings is 1. The summed E-state index contributed by atoms with van der Waals surface area (Å²) < 4.78 is 5.68. The Bertz CT molecular complexity index is 952. The van der Waals surface area contributed by atoms with Crippen molar-refractivity contribution in [1.82, 2.24) is 14.8 Å². The lowest BCUT2D eigenvalue weighted by Gasteiger charge is -2.25. The van der Waals surface area contributed by atoms with Crippen LogP contribution in [-0.4, -0.2) is 52.8 Å². The lowest BCUT2D eigenvalue weighted by Crippen LogP contribution is -2.38. The van der Waals surface area contributed by atoms with Crippen LogP contribution in [0.1, 0.15) is 45.2 Å². The van der Waals surface area contributed by atoms with Crippen LogP contribution in [0.3, 0.4) is 0 Å². The molecule has 0 radical (unpaired) electrons. The van der Waals surface area contributed by atoms with E-state index >= 15 is 0 Å². The summed E-state index contributed by atoms with van der Waals surface area (Å²) >= 11 is 0. The number of carbonyl (C=O) groups is 2. The van der Waals surface area contributed by atoms with Crippen LogP contribution in [0.2, 0.25) is 0 Å². The number of likely N-dealkylation sites (N-methyl/N-ethyl adjacent to an activating group) is 1. The van der Waals surface area contributed by atoms with E-state index in [0.29, 0.717) is 37.5 Å². The predicted molar refractivity (Wildman–Crippen MR) is 126 cm³/mol. The molecule has 1 aliphatic heterocycles. The first-order valence-electron chi connectivity index (χ1n) is 11.4. The number of aromatic nitrogens is 1.